The van der Waals surface area contributed by atoms with E-state index in [0.29, 0.717) is 48.4 Å². The van der Waals surface area contributed by atoms with Crippen molar-refractivity contribution in [2.45, 2.75) is 32.7 Å². The van der Waals surface area contributed by atoms with E-state index in [1.165, 1.54) is 4.88 Å². The average Bonchev–Trinajstić information content (AvgIpc) is 3.42. The van der Waals surface area contributed by atoms with Crippen LogP contribution in [0, 0.1) is 5.92 Å². The third kappa shape index (κ3) is 6.48. The van der Waals surface area contributed by atoms with Crippen LogP contribution in [0.2, 0.25) is 0 Å². The van der Waals surface area contributed by atoms with Gasteiger partial charge in [-0.15, -0.1) is 11.3 Å². The Morgan fingerprint density at radius 2 is 1.84 bits per heavy atom. The van der Waals surface area contributed by atoms with Crippen molar-refractivity contribution in [3.05, 3.63) is 76.0 Å². The van der Waals surface area contributed by atoms with Crippen LogP contribution in [0.3, 0.4) is 0 Å². The van der Waals surface area contributed by atoms with Crippen molar-refractivity contribution >= 4 is 23.2 Å². The first-order chi connectivity index (χ1) is 18.4. The second-order valence-electron chi connectivity index (χ2n) is 9.76. The van der Waals surface area contributed by atoms with Crippen LogP contribution in [-0.2, 0) is 11.2 Å². The zero-order chi connectivity index (χ0) is 27.1. The highest BCUT2D eigenvalue weighted by Gasteiger charge is 2.34. The van der Waals surface area contributed by atoms with Gasteiger partial charge in [0.2, 0.25) is 5.91 Å². The molecule has 38 heavy (non-hydrogen) atoms. The summed E-state index contributed by atoms with van der Waals surface area (Å²) in [4.78, 5) is 32.1. The molecule has 0 bridgehead atoms. The predicted molar refractivity (Wildman–Crippen MR) is 149 cm³/mol. The highest BCUT2D eigenvalue weighted by atomic mass is 32.1. The summed E-state index contributed by atoms with van der Waals surface area (Å²) in [5, 5.41) is 2.07. The van der Waals surface area contributed by atoms with E-state index >= 15 is 0 Å². The maximum Gasteiger partial charge on any atom is 0.254 e. The van der Waals surface area contributed by atoms with E-state index in [-0.39, 0.29) is 24.4 Å². The zero-order valence-electron chi connectivity index (χ0n) is 22.5. The van der Waals surface area contributed by atoms with E-state index < -0.39 is 0 Å². The summed E-state index contributed by atoms with van der Waals surface area (Å²) in [6.45, 7) is 5.62. The first kappa shape index (κ1) is 27.5. The van der Waals surface area contributed by atoms with Gasteiger partial charge in [-0.3, -0.25) is 9.59 Å². The first-order valence-electron chi connectivity index (χ1n) is 13.0. The highest BCUT2D eigenvalue weighted by molar-refractivity contribution is 7.10. The quantitative estimate of drug-likeness (QED) is 0.326. The number of carbonyl (C=O) groups excluding carboxylic acids is 2. The van der Waals surface area contributed by atoms with Gasteiger partial charge >= 0.3 is 0 Å². The molecule has 2 heterocycles. The molecule has 0 N–H and O–H groups in total. The molecule has 2 aromatic carbocycles. The van der Waals surface area contributed by atoms with Crippen molar-refractivity contribution in [2.75, 3.05) is 40.5 Å². The molecule has 202 valence electrons. The molecule has 8 heteroatoms. The maximum atomic E-state index is 13.8. The molecule has 0 saturated heterocycles. The lowest BCUT2D eigenvalue weighted by molar-refractivity contribution is -0.135. The van der Waals surface area contributed by atoms with Crippen LogP contribution in [0.15, 0.2) is 60.0 Å². The third-order valence-electron chi connectivity index (χ3n) is 6.79. The lowest BCUT2D eigenvalue weighted by atomic mass is 10.00. The minimum absolute atomic E-state index is 0.00733. The predicted octanol–water partition coefficient (Wildman–Crippen LogP) is 5.46. The fourth-order valence-corrected chi connectivity index (χ4v) is 5.57. The van der Waals surface area contributed by atoms with Crippen molar-refractivity contribution < 1.29 is 23.8 Å². The third-order valence-corrected chi connectivity index (χ3v) is 7.78. The molecule has 0 aliphatic carbocycles. The number of carbonyl (C=O) groups is 2. The SMILES string of the molecule is COc1cccc(C(=O)N(CCC(C)C)CC(=O)N2CCc3sccc3[C@@H]2COc2ccccc2OC)c1. The number of rotatable bonds is 11. The van der Waals surface area contributed by atoms with Crippen LogP contribution in [0.4, 0.5) is 0 Å². The van der Waals surface area contributed by atoms with Crippen LogP contribution in [0.1, 0.15) is 47.1 Å². The van der Waals surface area contributed by atoms with E-state index in [1.807, 2.05) is 29.2 Å². The summed E-state index contributed by atoms with van der Waals surface area (Å²) in [5.74, 6) is 2.03. The number of ether oxygens (including phenoxy) is 3. The number of amides is 2. The van der Waals surface area contributed by atoms with E-state index in [4.69, 9.17) is 14.2 Å². The molecule has 1 atom stereocenters. The minimum atomic E-state index is -0.249. The van der Waals surface area contributed by atoms with Crippen molar-refractivity contribution in [3.63, 3.8) is 0 Å². The minimum Gasteiger partial charge on any atom is -0.497 e. The smallest absolute Gasteiger partial charge is 0.254 e. The molecule has 0 radical (unpaired) electrons. The molecule has 0 spiro atoms. The molecule has 0 unspecified atom stereocenters. The van der Waals surface area contributed by atoms with Crippen LogP contribution in [-0.4, -0.2) is 62.1 Å². The molecule has 7 nitrogen and oxygen atoms in total. The summed E-state index contributed by atoms with van der Waals surface area (Å²) < 4.78 is 16.9. The molecule has 0 saturated carbocycles. The van der Waals surface area contributed by atoms with Crippen LogP contribution in [0.25, 0.3) is 0 Å². The first-order valence-corrected chi connectivity index (χ1v) is 13.8. The molecule has 3 aromatic rings. The van der Waals surface area contributed by atoms with Gasteiger partial charge in [-0.1, -0.05) is 32.0 Å². The van der Waals surface area contributed by atoms with E-state index in [9.17, 15) is 9.59 Å². The summed E-state index contributed by atoms with van der Waals surface area (Å²) in [7, 11) is 3.19. The second kappa shape index (κ2) is 12.8. The Morgan fingerprint density at radius 3 is 2.58 bits per heavy atom. The van der Waals surface area contributed by atoms with Crippen molar-refractivity contribution in [3.8, 4) is 17.2 Å². The number of para-hydroxylation sites is 2. The number of hydrogen-bond donors (Lipinski definition) is 0. The summed E-state index contributed by atoms with van der Waals surface area (Å²) >= 11 is 1.71. The normalized spacial score (nSPS) is 14.7. The molecular formula is C30H36N2O5S. The fraction of sp³-hybridized carbons (Fsp3) is 0.400. The van der Waals surface area contributed by atoms with Crippen molar-refractivity contribution in [1.29, 1.82) is 0 Å². The van der Waals surface area contributed by atoms with E-state index in [1.54, 1.807) is 54.7 Å². The monoisotopic (exact) mass is 536 g/mol. The van der Waals surface area contributed by atoms with Gasteiger partial charge in [-0.25, -0.2) is 0 Å². The lowest BCUT2D eigenvalue weighted by Gasteiger charge is -2.37. The molecule has 1 aliphatic heterocycles. The number of benzene rings is 2. The summed E-state index contributed by atoms with van der Waals surface area (Å²) in [6, 6.07) is 16.4. The largest absolute Gasteiger partial charge is 0.497 e. The van der Waals surface area contributed by atoms with Gasteiger partial charge in [-0.2, -0.15) is 0 Å². The lowest BCUT2D eigenvalue weighted by Crippen LogP contribution is -2.48. The number of fused-ring (bicyclic) bond motifs is 1. The zero-order valence-corrected chi connectivity index (χ0v) is 23.3. The topological polar surface area (TPSA) is 68.3 Å². The Morgan fingerprint density at radius 1 is 1.05 bits per heavy atom. The molecule has 4 rings (SSSR count). The molecule has 0 fully saturated rings. The number of thiophene rings is 1. The molecular weight excluding hydrogens is 500 g/mol. The number of methoxy groups -OCH3 is 2. The van der Waals surface area contributed by atoms with Gasteiger partial charge in [0, 0.05) is 23.5 Å². The van der Waals surface area contributed by atoms with Gasteiger partial charge in [0.25, 0.3) is 5.91 Å². The maximum absolute atomic E-state index is 13.8. The average molecular weight is 537 g/mol. The van der Waals surface area contributed by atoms with Gasteiger partial charge in [0.15, 0.2) is 11.5 Å². The van der Waals surface area contributed by atoms with Crippen LogP contribution < -0.4 is 14.2 Å². The Bertz CT molecular complexity index is 1240. The second-order valence-corrected chi connectivity index (χ2v) is 10.8. The number of hydrogen-bond acceptors (Lipinski definition) is 6. The highest BCUT2D eigenvalue weighted by Crippen LogP contribution is 2.35. The van der Waals surface area contributed by atoms with Gasteiger partial charge in [-0.05, 0) is 66.1 Å². The van der Waals surface area contributed by atoms with Crippen molar-refractivity contribution in [2.24, 2.45) is 5.92 Å². The summed E-state index contributed by atoms with van der Waals surface area (Å²) in [5.41, 5.74) is 1.62. The van der Waals surface area contributed by atoms with E-state index in [0.717, 1.165) is 18.4 Å². The standard InChI is InChI=1S/C30H36N2O5S/c1-21(2)12-15-31(30(34)22-8-7-9-23(18-22)35-3)19-29(33)32-16-13-28-24(14-17-38-28)25(32)20-37-27-11-6-5-10-26(27)36-4/h5-11,14,17-18,21,25H,12-13,15-16,19-20H2,1-4H3/t25-/m0/s1. The van der Waals surface area contributed by atoms with Gasteiger partial charge in [0.05, 0.1) is 20.3 Å². The van der Waals surface area contributed by atoms with Crippen LogP contribution in [0.5, 0.6) is 17.2 Å². The molecule has 1 aliphatic rings. The molecule has 1 aromatic heterocycles. The number of nitrogens with zero attached hydrogens (tertiary/aromatic N) is 2. The Labute approximate surface area is 228 Å². The summed E-state index contributed by atoms with van der Waals surface area (Å²) in [6.07, 6.45) is 1.59. The Hall–Kier alpha value is -3.52. The molecule has 2 amide bonds. The van der Waals surface area contributed by atoms with Gasteiger partial charge in [0.1, 0.15) is 18.9 Å². The van der Waals surface area contributed by atoms with Crippen molar-refractivity contribution in [1.82, 2.24) is 9.80 Å². The van der Waals surface area contributed by atoms with Crippen LogP contribution >= 0.6 is 11.3 Å². The fourth-order valence-electron chi connectivity index (χ4n) is 4.64. The Kier molecular flexibility index (Phi) is 9.29. The van der Waals surface area contributed by atoms with Gasteiger partial charge < -0.3 is 24.0 Å². The van der Waals surface area contributed by atoms with E-state index in [2.05, 4.69) is 25.3 Å². The Balaban J connectivity index is 1.55.